The molecule has 0 fully saturated rings. The summed E-state index contributed by atoms with van der Waals surface area (Å²) >= 11 is 0. The molecule has 0 aliphatic heterocycles. The molecular weight excluding hydrogens is 368 g/mol. The van der Waals surface area contributed by atoms with Gasteiger partial charge in [0.15, 0.2) is 0 Å². The van der Waals surface area contributed by atoms with E-state index in [0.717, 1.165) is 0 Å². The molecule has 28 heavy (non-hydrogen) atoms. The van der Waals surface area contributed by atoms with Crippen LogP contribution in [0.4, 0.5) is 11.4 Å². The van der Waals surface area contributed by atoms with Gasteiger partial charge in [0.2, 0.25) is 0 Å². The largest absolute Gasteiger partial charge is 0.316 e. The number of nitrogens with one attached hydrogen (secondary N) is 2. The lowest BCUT2D eigenvalue weighted by Crippen LogP contribution is -2.46. The van der Waals surface area contributed by atoms with E-state index in [9.17, 15) is 29.8 Å². The molecule has 2 aromatic carbocycles. The first-order valence-corrected chi connectivity index (χ1v) is 7.89. The van der Waals surface area contributed by atoms with Gasteiger partial charge in [-0.25, -0.2) is 0 Å². The maximum atomic E-state index is 12.3. The van der Waals surface area contributed by atoms with E-state index in [4.69, 9.17) is 0 Å². The lowest BCUT2D eigenvalue weighted by molar-refractivity contribution is -0.385. The van der Waals surface area contributed by atoms with Crippen LogP contribution in [0.25, 0.3) is 12.2 Å². The highest BCUT2D eigenvalue weighted by Gasteiger charge is 2.10. The first kappa shape index (κ1) is 18.5. The summed E-state index contributed by atoms with van der Waals surface area (Å²) in [5.41, 5.74) is -1.19. The molecule has 0 spiro atoms. The van der Waals surface area contributed by atoms with Crippen molar-refractivity contribution in [1.29, 1.82) is 0 Å². The number of para-hydroxylation sites is 1. The fraction of sp³-hybridized carbons (Fsp3) is 0. The Kier molecular flexibility index (Phi) is 4.94. The van der Waals surface area contributed by atoms with Gasteiger partial charge in [0.25, 0.3) is 22.5 Å². The Balaban J connectivity index is 2.14. The van der Waals surface area contributed by atoms with Crippen LogP contribution < -0.4 is 21.8 Å². The van der Waals surface area contributed by atoms with E-state index >= 15 is 0 Å². The van der Waals surface area contributed by atoms with Crippen LogP contribution in [0.3, 0.4) is 0 Å². The summed E-state index contributed by atoms with van der Waals surface area (Å²) in [7, 11) is 0. The van der Waals surface area contributed by atoms with Crippen molar-refractivity contribution in [2.75, 3.05) is 0 Å². The van der Waals surface area contributed by atoms with Gasteiger partial charge in [-0.3, -0.25) is 29.8 Å². The molecule has 1 aromatic heterocycles. The molecule has 140 valence electrons. The number of non-ortho nitro benzene ring substituents is 1. The zero-order chi connectivity index (χ0) is 20.3. The van der Waals surface area contributed by atoms with E-state index < -0.39 is 21.0 Å². The first-order chi connectivity index (χ1) is 13.3. The fourth-order valence-electron chi connectivity index (χ4n) is 2.52. The Morgan fingerprint density at radius 3 is 2.07 bits per heavy atom. The van der Waals surface area contributed by atoms with Gasteiger partial charge in [-0.15, -0.1) is 0 Å². The number of nitrogens with zero attached hydrogens (tertiary/aromatic N) is 2. The zero-order valence-corrected chi connectivity index (χ0v) is 14.1. The average Bonchev–Trinajstić information content (AvgIpc) is 2.66. The second kappa shape index (κ2) is 7.50. The minimum absolute atomic E-state index is 0.106. The number of benzene rings is 2. The van der Waals surface area contributed by atoms with Crippen LogP contribution in [0, 0.1) is 20.2 Å². The lowest BCUT2D eigenvalue weighted by Gasteiger charge is -1.97. The summed E-state index contributed by atoms with van der Waals surface area (Å²) < 4.78 is 0. The van der Waals surface area contributed by atoms with Gasteiger partial charge in [-0.2, -0.15) is 0 Å². The molecule has 3 rings (SSSR count). The van der Waals surface area contributed by atoms with Gasteiger partial charge in [-0.1, -0.05) is 24.3 Å². The summed E-state index contributed by atoms with van der Waals surface area (Å²) in [4.78, 5) is 50.1. The third-order valence-electron chi connectivity index (χ3n) is 3.81. The highest BCUT2D eigenvalue weighted by Crippen LogP contribution is 2.17. The predicted octanol–water partition coefficient (Wildman–Crippen LogP) is 0.537. The van der Waals surface area contributed by atoms with Gasteiger partial charge in [0, 0.05) is 18.2 Å². The van der Waals surface area contributed by atoms with Crippen LogP contribution >= 0.6 is 0 Å². The van der Waals surface area contributed by atoms with Crippen molar-refractivity contribution < 1.29 is 9.85 Å². The Labute approximate surface area is 155 Å². The molecule has 0 bridgehead atoms. The molecule has 0 aliphatic carbocycles. The fourth-order valence-corrected chi connectivity index (χ4v) is 2.52. The van der Waals surface area contributed by atoms with E-state index in [1.54, 1.807) is 6.07 Å². The topological polar surface area (TPSA) is 152 Å². The second-order valence-corrected chi connectivity index (χ2v) is 5.69. The number of nitro groups is 2. The van der Waals surface area contributed by atoms with Crippen molar-refractivity contribution in [1.82, 2.24) is 9.97 Å². The summed E-state index contributed by atoms with van der Waals surface area (Å²) in [6, 6.07) is 11.3. The molecule has 1 heterocycles. The Morgan fingerprint density at radius 1 is 0.786 bits per heavy atom. The van der Waals surface area contributed by atoms with E-state index in [-0.39, 0.29) is 27.6 Å². The summed E-state index contributed by atoms with van der Waals surface area (Å²) in [6.45, 7) is 0. The summed E-state index contributed by atoms with van der Waals surface area (Å²) in [5, 5.41) is 21.6. The zero-order valence-electron chi connectivity index (χ0n) is 14.1. The number of aromatic nitrogens is 2. The van der Waals surface area contributed by atoms with Crippen molar-refractivity contribution in [3.8, 4) is 0 Å². The van der Waals surface area contributed by atoms with Crippen molar-refractivity contribution in [2.24, 2.45) is 0 Å². The number of rotatable bonds is 4. The molecule has 3 aromatic rings. The van der Waals surface area contributed by atoms with Crippen molar-refractivity contribution in [2.45, 2.75) is 0 Å². The van der Waals surface area contributed by atoms with Crippen molar-refractivity contribution in [3.05, 3.63) is 111 Å². The molecule has 10 heteroatoms. The van der Waals surface area contributed by atoms with Crippen LogP contribution in [0.15, 0.2) is 58.1 Å². The molecule has 10 nitrogen and oxygen atoms in total. The van der Waals surface area contributed by atoms with Crippen LogP contribution in [0.1, 0.15) is 11.1 Å². The highest BCUT2D eigenvalue weighted by atomic mass is 16.6. The van der Waals surface area contributed by atoms with Gasteiger partial charge >= 0.3 is 0 Å². The van der Waals surface area contributed by atoms with Crippen LogP contribution in [0.2, 0.25) is 0 Å². The van der Waals surface area contributed by atoms with Crippen LogP contribution in [0.5, 0.6) is 0 Å². The molecule has 0 saturated heterocycles. The molecule has 0 unspecified atom stereocenters. The number of H-pyrrole nitrogens is 2. The standard InChI is InChI=1S/C18H12N4O6/c23-17-14(9-11-4-3-6-13(8-11)21(25)26)19-18(24)15(20-17)10-12-5-1-2-7-16(12)22(27)28/h1-10H,(H,19,24)(H,20,23)/b14-9+,15-10-. The third kappa shape index (κ3) is 3.90. The van der Waals surface area contributed by atoms with E-state index in [0.29, 0.717) is 5.56 Å². The number of hydrogen-bond acceptors (Lipinski definition) is 6. The molecule has 0 saturated carbocycles. The number of aromatic amines is 2. The van der Waals surface area contributed by atoms with Gasteiger partial charge in [-0.05, 0) is 23.8 Å². The van der Waals surface area contributed by atoms with Gasteiger partial charge in [0.05, 0.1) is 15.4 Å². The third-order valence-corrected chi connectivity index (χ3v) is 3.81. The summed E-state index contributed by atoms with van der Waals surface area (Å²) in [5.74, 6) is 0. The average molecular weight is 380 g/mol. The molecule has 0 aliphatic rings. The molecular formula is C18H12N4O6. The lowest BCUT2D eigenvalue weighted by atomic mass is 10.1. The van der Waals surface area contributed by atoms with Crippen LogP contribution in [-0.2, 0) is 0 Å². The van der Waals surface area contributed by atoms with Crippen molar-refractivity contribution >= 4 is 23.5 Å². The molecule has 0 atom stereocenters. The first-order valence-electron chi connectivity index (χ1n) is 7.89. The molecule has 0 radical (unpaired) electrons. The quantitative estimate of drug-likeness (QED) is 0.498. The minimum Gasteiger partial charge on any atom is -0.316 e. The normalized spacial score (nSPS) is 12.1. The second-order valence-electron chi connectivity index (χ2n) is 5.69. The van der Waals surface area contributed by atoms with Crippen LogP contribution in [-0.4, -0.2) is 19.8 Å². The number of hydrogen-bond donors (Lipinski definition) is 2. The maximum absolute atomic E-state index is 12.3. The monoisotopic (exact) mass is 380 g/mol. The maximum Gasteiger partial charge on any atom is 0.276 e. The highest BCUT2D eigenvalue weighted by molar-refractivity contribution is 5.59. The van der Waals surface area contributed by atoms with Crippen molar-refractivity contribution in [3.63, 3.8) is 0 Å². The Morgan fingerprint density at radius 2 is 1.43 bits per heavy atom. The van der Waals surface area contributed by atoms with E-state index in [1.165, 1.54) is 54.6 Å². The number of nitro benzene ring substituents is 2. The van der Waals surface area contributed by atoms with Gasteiger partial charge < -0.3 is 9.97 Å². The Bertz CT molecular complexity index is 1320. The summed E-state index contributed by atoms with van der Waals surface area (Å²) in [6.07, 6.45) is 2.50. The molecule has 2 N–H and O–H groups in total. The van der Waals surface area contributed by atoms with E-state index in [2.05, 4.69) is 9.97 Å². The van der Waals surface area contributed by atoms with Gasteiger partial charge in [0.1, 0.15) is 10.7 Å². The predicted molar refractivity (Wildman–Crippen MR) is 100 cm³/mol. The van der Waals surface area contributed by atoms with E-state index in [1.807, 2.05) is 0 Å². The minimum atomic E-state index is -0.672. The Hall–Kier alpha value is -4.34. The SMILES string of the molecule is O=c1[nH]/c(=C/c2cccc([N+](=O)[O-])c2)c(=O)[nH]/c1=C\c1ccccc1[N+](=O)[O-]. The smallest absolute Gasteiger partial charge is 0.276 e. The molecule has 0 amide bonds.